The van der Waals surface area contributed by atoms with Crippen LogP contribution in [0.15, 0.2) is 48.6 Å². The van der Waals surface area contributed by atoms with Crippen LogP contribution in [0.2, 0.25) is 0 Å². The van der Waals surface area contributed by atoms with E-state index < -0.39 is 18.2 Å². The molecule has 0 rings (SSSR count). The van der Waals surface area contributed by atoms with Gasteiger partial charge in [0.05, 0.1) is 12.2 Å². The summed E-state index contributed by atoms with van der Waals surface area (Å²) in [7, 11) is 0. The molecule has 24 heavy (non-hydrogen) atoms. The highest BCUT2D eigenvalue weighted by Gasteiger charge is 2.01. The van der Waals surface area contributed by atoms with Gasteiger partial charge in [0.2, 0.25) is 0 Å². The van der Waals surface area contributed by atoms with E-state index in [0.717, 1.165) is 6.42 Å². The van der Waals surface area contributed by atoms with Gasteiger partial charge in [0.25, 0.3) is 0 Å². The third-order valence-corrected chi connectivity index (χ3v) is 3.41. The topological polar surface area (TPSA) is 77.8 Å². The van der Waals surface area contributed by atoms with Gasteiger partial charge in [-0.05, 0) is 32.1 Å². The van der Waals surface area contributed by atoms with Crippen molar-refractivity contribution in [3.8, 4) is 0 Å². The molecule has 4 nitrogen and oxygen atoms in total. The van der Waals surface area contributed by atoms with Crippen LogP contribution < -0.4 is 0 Å². The predicted octanol–water partition coefficient (Wildman–Crippen LogP) is 4.16. The highest BCUT2D eigenvalue weighted by Crippen LogP contribution is 2.03. The highest BCUT2D eigenvalue weighted by molar-refractivity contribution is 5.66. The Labute approximate surface area is 145 Å². The lowest BCUT2D eigenvalue weighted by atomic mass is 10.1. The monoisotopic (exact) mass is 336 g/mol. The second-order valence-corrected chi connectivity index (χ2v) is 5.78. The number of rotatable bonds is 14. The van der Waals surface area contributed by atoms with Crippen molar-refractivity contribution in [3.63, 3.8) is 0 Å². The molecule has 0 saturated heterocycles. The summed E-state index contributed by atoms with van der Waals surface area (Å²) < 4.78 is 0. The van der Waals surface area contributed by atoms with Crippen LogP contribution in [0.4, 0.5) is 0 Å². The second kappa shape index (κ2) is 16.2. The number of aliphatic hydroxyl groups is 2. The standard InChI is InChI=1S/C20H32O4/c1-2-3-4-5-6-9-13-18(21)14-10-7-8-11-15-19(22)16-12-17-20(23)24/h6-11,14-15,18-19,21-22H,2-5,12-13,16-17H2,1H3,(H,23,24)/b8-7+,9-6-,14-10+,15-11+. The maximum atomic E-state index is 10.3. The van der Waals surface area contributed by atoms with Gasteiger partial charge in [-0.2, -0.15) is 0 Å². The van der Waals surface area contributed by atoms with E-state index in [9.17, 15) is 15.0 Å². The number of unbranched alkanes of at least 4 members (excludes halogenated alkanes) is 3. The molecule has 0 spiro atoms. The van der Waals surface area contributed by atoms with Crippen molar-refractivity contribution < 1.29 is 20.1 Å². The zero-order chi connectivity index (χ0) is 18.0. The van der Waals surface area contributed by atoms with E-state index in [1.54, 1.807) is 36.5 Å². The molecule has 2 atom stereocenters. The first-order valence-electron chi connectivity index (χ1n) is 8.80. The summed E-state index contributed by atoms with van der Waals surface area (Å²) in [5.74, 6) is -0.842. The Morgan fingerprint density at radius 3 is 2.21 bits per heavy atom. The van der Waals surface area contributed by atoms with E-state index in [1.807, 2.05) is 6.08 Å². The first-order valence-corrected chi connectivity index (χ1v) is 8.80. The molecule has 0 radical (unpaired) electrons. The van der Waals surface area contributed by atoms with Crippen LogP contribution in [-0.2, 0) is 4.79 Å². The lowest BCUT2D eigenvalue weighted by molar-refractivity contribution is -0.137. The number of hydrogen-bond donors (Lipinski definition) is 3. The van der Waals surface area contributed by atoms with Gasteiger partial charge in [-0.3, -0.25) is 4.79 Å². The van der Waals surface area contributed by atoms with Crippen molar-refractivity contribution in [3.05, 3.63) is 48.6 Å². The molecule has 0 aromatic carbocycles. The fraction of sp³-hybridized carbons (Fsp3) is 0.550. The number of hydrogen-bond acceptors (Lipinski definition) is 3. The minimum Gasteiger partial charge on any atom is -0.481 e. The maximum Gasteiger partial charge on any atom is 0.303 e. The van der Waals surface area contributed by atoms with Gasteiger partial charge >= 0.3 is 5.97 Å². The molecule has 0 aliphatic heterocycles. The summed E-state index contributed by atoms with van der Waals surface area (Å²) >= 11 is 0. The van der Waals surface area contributed by atoms with Gasteiger partial charge in [-0.1, -0.05) is 68.4 Å². The summed E-state index contributed by atoms with van der Waals surface area (Å²) in [4.78, 5) is 10.3. The highest BCUT2D eigenvalue weighted by atomic mass is 16.4. The van der Waals surface area contributed by atoms with Gasteiger partial charge in [-0.25, -0.2) is 0 Å². The quantitative estimate of drug-likeness (QED) is 0.253. The van der Waals surface area contributed by atoms with E-state index >= 15 is 0 Å². The van der Waals surface area contributed by atoms with Crippen molar-refractivity contribution in [2.24, 2.45) is 0 Å². The van der Waals surface area contributed by atoms with E-state index in [2.05, 4.69) is 13.0 Å². The fourth-order valence-corrected chi connectivity index (χ4v) is 2.02. The van der Waals surface area contributed by atoms with E-state index in [1.165, 1.54) is 19.3 Å². The van der Waals surface area contributed by atoms with Gasteiger partial charge in [0, 0.05) is 6.42 Å². The molecule has 0 aliphatic rings. The van der Waals surface area contributed by atoms with Crippen molar-refractivity contribution in [1.82, 2.24) is 0 Å². The summed E-state index contributed by atoms with van der Waals surface area (Å²) in [6.07, 6.45) is 19.8. The Morgan fingerprint density at radius 1 is 0.917 bits per heavy atom. The van der Waals surface area contributed by atoms with Gasteiger partial charge < -0.3 is 15.3 Å². The average Bonchev–Trinajstić information content (AvgIpc) is 2.53. The lowest BCUT2D eigenvalue weighted by Crippen LogP contribution is -2.03. The number of aliphatic carboxylic acids is 1. The van der Waals surface area contributed by atoms with Gasteiger partial charge in [-0.15, -0.1) is 0 Å². The smallest absolute Gasteiger partial charge is 0.303 e. The molecule has 0 fully saturated rings. The van der Waals surface area contributed by atoms with Crippen LogP contribution in [-0.4, -0.2) is 33.5 Å². The minimum atomic E-state index is -0.842. The van der Waals surface area contributed by atoms with Gasteiger partial charge in [0.15, 0.2) is 0 Å². The van der Waals surface area contributed by atoms with Crippen molar-refractivity contribution in [1.29, 1.82) is 0 Å². The van der Waals surface area contributed by atoms with E-state index in [4.69, 9.17) is 5.11 Å². The number of carbonyl (C=O) groups is 1. The number of carboxylic acids is 1. The summed E-state index contributed by atoms with van der Waals surface area (Å²) in [6.45, 7) is 2.18. The van der Waals surface area contributed by atoms with Crippen molar-refractivity contribution in [2.45, 2.75) is 70.5 Å². The van der Waals surface area contributed by atoms with Crippen LogP contribution in [0.25, 0.3) is 0 Å². The Morgan fingerprint density at radius 2 is 1.58 bits per heavy atom. The molecule has 0 aromatic heterocycles. The Hall–Kier alpha value is -1.65. The molecule has 136 valence electrons. The molecule has 0 bridgehead atoms. The van der Waals surface area contributed by atoms with Crippen molar-refractivity contribution in [2.75, 3.05) is 0 Å². The Balaban J connectivity index is 3.81. The summed E-state index contributed by atoms with van der Waals surface area (Å²) in [5, 5.41) is 27.9. The minimum absolute atomic E-state index is 0.0778. The lowest BCUT2D eigenvalue weighted by Gasteiger charge is -2.02. The molecule has 0 heterocycles. The maximum absolute atomic E-state index is 10.3. The molecule has 0 aliphatic carbocycles. The van der Waals surface area contributed by atoms with E-state index in [0.29, 0.717) is 19.3 Å². The molecule has 0 aromatic rings. The summed E-state index contributed by atoms with van der Waals surface area (Å²) in [5.41, 5.74) is 0. The first-order chi connectivity index (χ1) is 11.6. The zero-order valence-corrected chi connectivity index (χ0v) is 14.7. The Kier molecular flexibility index (Phi) is 15.1. The average molecular weight is 336 g/mol. The molecule has 4 heteroatoms. The third kappa shape index (κ3) is 16.7. The normalized spacial score (nSPS) is 15.1. The molecule has 0 amide bonds. The number of allylic oxidation sites excluding steroid dienone is 5. The van der Waals surface area contributed by atoms with Crippen LogP contribution >= 0.6 is 0 Å². The Bertz CT molecular complexity index is 421. The molecule has 2 unspecified atom stereocenters. The van der Waals surface area contributed by atoms with Gasteiger partial charge in [0.1, 0.15) is 0 Å². The summed E-state index contributed by atoms with van der Waals surface area (Å²) in [6, 6.07) is 0. The second-order valence-electron chi connectivity index (χ2n) is 5.78. The van der Waals surface area contributed by atoms with Crippen molar-refractivity contribution >= 4 is 5.97 Å². The number of aliphatic hydroxyl groups excluding tert-OH is 2. The molecular weight excluding hydrogens is 304 g/mol. The number of carboxylic acid groups (broad SMARTS) is 1. The SMILES string of the molecule is CCCCC/C=C\CC(O)/C=C/C=C/C=C/C(O)CCCC(=O)O. The molecule has 0 saturated carbocycles. The third-order valence-electron chi connectivity index (χ3n) is 3.41. The predicted molar refractivity (Wildman–Crippen MR) is 98.8 cm³/mol. The molecular formula is C20H32O4. The van der Waals surface area contributed by atoms with Crippen LogP contribution in [0.3, 0.4) is 0 Å². The van der Waals surface area contributed by atoms with Crippen LogP contribution in [0.5, 0.6) is 0 Å². The first kappa shape index (κ1) is 22.4. The van der Waals surface area contributed by atoms with Crippen LogP contribution in [0, 0.1) is 0 Å². The molecule has 3 N–H and O–H groups in total. The zero-order valence-electron chi connectivity index (χ0n) is 14.7. The largest absolute Gasteiger partial charge is 0.481 e. The van der Waals surface area contributed by atoms with E-state index in [-0.39, 0.29) is 6.42 Å². The van der Waals surface area contributed by atoms with Crippen LogP contribution in [0.1, 0.15) is 58.3 Å². The fourth-order valence-electron chi connectivity index (χ4n) is 2.02.